The lowest BCUT2D eigenvalue weighted by Gasteiger charge is -2.27. The number of aromatic nitrogens is 2. The van der Waals surface area contributed by atoms with E-state index in [9.17, 15) is 9.59 Å². The Morgan fingerprint density at radius 3 is 2.84 bits per heavy atom. The van der Waals surface area contributed by atoms with E-state index in [2.05, 4.69) is 15.3 Å². The number of rotatable bonds is 5. The Kier molecular flexibility index (Phi) is 5.93. The number of aromatic amines is 1. The van der Waals surface area contributed by atoms with Gasteiger partial charge in [0.1, 0.15) is 5.82 Å². The van der Waals surface area contributed by atoms with Gasteiger partial charge in [0, 0.05) is 13.1 Å². The number of benzene rings is 1. The molecule has 0 radical (unpaired) electrons. The Labute approximate surface area is 150 Å². The number of hydrogen-bond donors (Lipinski definition) is 2. The van der Waals surface area contributed by atoms with E-state index in [1.165, 1.54) is 4.90 Å². The molecule has 0 unspecified atom stereocenters. The molecule has 1 aromatic carbocycles. The topological polar surface area (TPSA) is 87.3 Å². The van der Waals surface area contributed by atoms with Crippen LogP contribution in [-0.4, -0.2) is 65.0 Å². The van der Waals surface area contributed by atoms with Gasteiger partial charge in [-0.3, -0.25) is 9.59 Å². The van der Waals surface area contributed by atoms with E-state index in [1.54, 1.807) is 11.8 Å². The highest BCUT2D eigenvalue weighted by Crippen LogP contribution is 2.20. The van der Waals surface area contributed by atoms with Gasteiger partial charge in [0.25, 0.3) is 0 Å². The molecule has 8 heteroatoms. The third-order valence-electron chi connectivity index (χ3n) is 4.15. The number of para-hydroxylation sites is 2. The van der Waals surface area contributed by atoms with Crippen molar-refractivity contribution in [2.24, 2.45) is 0 Å². The highest BCUT2D eigenvalue weighted by atomic mass is 32.2. The Bertz CT molecular complexity index is 709. The molecule has 0 saturated carbocycles. The average Bonchev–Trinajstić information content (AvgIpc) is 3.09. The number of nitrogens with one attached hydrogen (secondary N) is 2. The highest BCUT2D eigenvalue weighted by Gasteiger charge is 2.27. The van der Waals surface area contributed by atoms with Crippen molar-refractivity contribution in [3.05, 3.63) is 30.1 Å². The van der Waals surface area contributed by atoms with Gasteiger partial charge in [-0.2, -0.15) is 11.8 Å². The second-order valence-electron chi connectivity index (χ2n) is 5.85. The number of H-pyrrole nitrogens is 1. The van der Waals surface area contributed by atoms with Gasteiger partial charge in [0.05, 0.1) is 30.3 Å². The number of morpholine rings is 1. The summed E-state index contributed by atoms with van der Waals surface area (Å²) in [6.07, 6.45) is 2.71. The summed E-state index contributed by atoms with van der Waals surface area (Å²) in [4.78, 5) is 34.1. The fourth-order valence-electron chi connectivity index (χ4n) is 2.78. The monoisotopic (exact) mass is 362 g/mol. The van der Waals surface area contributed by atoms with Crippen molar-refractivity contribution >= 4 is 34.6 Å². The largest absolute Gasteiger partial charge is 0.378 e. The van der Waals surface area contributed by atoms with E-state index in [4.69, 9.17) is 4.74 Å². The summed E-state index contributed by atoms with van der Waals surface area (Å²) in [7, 11) is 0. The Morgan fingerprint density at radius 2 is 2.12 bits per heavy atom. The first kappa shape index (κ1) is 17.8. The van der Waals surface area contributed by atoms with E-state index < -0.39 is 11.8 Å². The second-order valence-corrected chi connectivity index (χ2v) is 6.84. The zero-order valence-corrected chi connectivity index (χ0v) is 15.0. The SMILES string of the molecule is CSCC[C@@H](NC(=O)C(=O)N1CCOCC1)c1nc2ccccc2[nH]1. The van der Waals surface area contributed by atoms with E-state index in [-0.39, 0.29) is 6.04 Å². The van der Waals surface area contributed by atoms with Crippen LogP contribution in [0.2, 0.25) is 0 Å². The zero-order chi connectivity index (χ0) is 17.6. The van der Waals surface area contributed by atoms with E-state index in [0.717, 1.165) is 16.8 Å². The van der Waals surface area contributed by atoms with Crippen LogP contribution in [0.1, 0.15) is 18.3 Å². The van der Waals surface area contributed by atoms with Crippen molar-refractivity contribution in [2.45, 2.75) is 12.5 Å². The predicted octanol–water partition coefficient (Wildman–Crippen LogP) is 1.33. The molecule has 25 heavy (non-hydrogen) atoms. The number of fused-ring (bicyclic) bond motifs is 1. The number of imidazole rings is 1. The molecular weight excluding hydrogens is 340 g/mol. The van der Waals surface area contributed by atoms with Crippen molar-refractivity contribution in [2.75, 3.05) is 38.3 Å². The minimum absolute atomic E-state index is 0.322. The van der Waals surface area contributed by atoms with Crippen molar-refractivity contribution in [3.8, 4) is 0 Å². The minimum Gasteiger partial charge on any atom is -0.378 e. The normalized spacial score (nSPS) is 16.0. The van der Waals surface area contributed by atoms with E-state index in [0.29, 0.717) is 38.5 Å². The molecule has 1 atom stereocenters. The van der Waals surface area contributed by atoms with Crippen molar-refractivity contribution in [1.82, 2.24) is 20.2 Å². The first-order valence-corrected chi connectivity index (χ1v) is 9.69. The quantitative estimate of drug-likeness (QED) is 0.784. The fourth-order valence-corrected chi connectivity index (χ4v) is 3.25. The summed E-state index contributed by atoms with van der Waals surface area (Å²) >= 11 is 1.69. The van der Waals surface area contributed by atoms with Crippen molar-refractivity contribution in [3.63, 3.8) is 0 Å². The molecular formula is C17H22N4O3S. The van der Waals surface area contributed by atoms with Gasteiger partial charge in [0.15, 0.2) is 0 Å². The molecule has 2 heterocycles. The number of carbonyl (C=O) groups excluding carboxylic acids is 2. The number of carbonyl (C=O) groups is 2. The molecule has 1 fully saturated rings. The van der Waals surface area contributed by atoms with Crippen LogP contribution >= 0.6 is 11.8 Å². The lowest BCUT2D eigenvalue weighted by Crippen LogP contribution is -2.48. The van der Waals surface area contributed by atoms with Crippen LogP contribution in [0.3, 0.4) is 0 Å². The third-order valence-corrected chi connectivity index (χ3v) is 4.79. The lowest BCUT2D eigenvalue weighted by molar-refractivity contribution is -0.148. The minimum atomic E-state index is -0.589. The van der Waals surface area contributed by atoms with Gasteiger partial charge in [0.2, 0.25) is 0 Å². The average molecular weight is 362 g/mol. The first-order chi connectivity index (χ1) is 12.2. The molecule has 1 aliphatic rings. The van der Waals surface area contributed by atoms with Crippen LogP contribution in [0.5, 0.6) is 0 Å². The zero-order valence-electron chi connectivity index (χ0n) is 14.2. The molecule has 7 nitrogen and oxygen atoms in total. The maximum atomic E-state index is 12.4. The summed E-state index contributed by atoms with van der Waals surface area (Å²) in [5.41, 5.74) is 1.76. The lowest BCUT2D eigenvalue weighted by atomic mass is 10.2. The Morgan fingerprint density at radius 1 is 1.36 bits per heavy atom. The van der Waals surface area contributed by atoms with Crippen molar-refractivity contribution in [1.29, 1.82) is 0 Å². The molecule has 1 aromatic heterocycles. The molecule has 2 aromatic rings. The molecule has 2 amide bonds. The Hall–Kier alpha value is -2.06. The highest BCUT2D eigenvalue weighted by molar-refractivity contribution is 7.98. The van der Waals surface area contributed by atoms with Gasteiger partial charge in [-0.1, -0.05) is 12.1 Å². The Balaban J connectivity index is 1.73. The van der Waals surface area contributed by atoms with Gasteiger partial charge in [-0.25, -0.2) is 4.98 Å². The van der Waals surface area contributed by atoms with Crippen LogP contribution in [-0.2, 0) is 14.3 Å². The van der Waals surface area contributed by atoms with E-state index in [1.807, 2.05) is 30.5 Å². The van der Waals surface area contributed by atoms with E-state index >= 15 is 0 Å². The number of hydrogen-bond acceptors (Lipinski definition) is 5. The number of ether oxygens (including phenoxy) is 1. The molecule has 0 aliphatic carbocycles. The van der Waals surface area contributed by atoms with Gasteiger partial charge < -0.3 is 19.9 Å². The third kappa shape index (κ3) is 4.32. The number of nitrogens with zero attached hydrogens (tertiary/aromatic N) is 2. The molecule has 0 bridgehead atoms. The smallest absolute Gasteiger partial charge is 0.312 e. The van der Waals surface area contributed by atoms with Crippen LogP contribution < -0.4 is 5.32 Å². The number of thioether (sulfide) groups is 1. The van der Waals surface area contributed by atoms with Crippen LogP contribution in [0.25, 0.3) is 11.0 Å². The predicted molar refractivity (Wildman–Crippen MR) is 97.4 cm³/mol. The fraction of sp³-hybridized carbons (Fsp3) is 0.471. The first-order valence-electron chi connectivity index (χ1n) is 8.30. The second kappa shape index (κ2) is 8.35. The molecule has 2 N–H and O–H groups in total. The maximum absolute atomic E-state index is 12.4. The van der Waals surface area contributed by atoms with Gasteiger partial charge in [-0.15, -0.1) is 0 Å². The van der Waals surface area contributed by atoms with Gasteiger partial charge in [-0.05, 0) is 30.6 Å². The molecule has 134 valence electrons. The molecule has 3 rings (SSSR count). The summed E-state index contributed by atoms with van der Waals surface area (Å²) < 4.78 is 5.22. The summed E-state index contributed by atoms with van der Waals surface area (Å²) in [6, 6.07) is 7.39. The summed E-state index contributed by atoms with van der Waals surface area (Å²) in [5.74, 6) is 0.439. The summed E-state index contributed by atoms with van der Waals surface area (Å²) in [6.45, 7) is 1.84. The summed E-state index contributed by atoms with van der Waals surface area (Å²) in [5, 5.41) is 2.85. The van der Waals surface area contributed by atoms with Crippen LogP contribution in [0, 0.1) is 0 Å². The number of amides is 2. The molecule has 1 saturated heterocycles. The van der Waals surface area contributed by atoms with Crippen LogP contribution in [0.4, 0.5) is 0 Å². The van der Waals surface area contributed by atoms with Crippen molar-refractivity contribution < 1.29 is 14.3 Å². The van der Waals surface area contributed by atoms with Crippen LogP contribution in [0.15, 0.2) is 24.3 Å². The standard InChI is InChI=1S/C17H22N4O3S/c1-25-11-6-14(15-18-12-4-2-3-5-13(12)19-15)20-16(22)17(23)21-7-9-24-10-8-21/h2-5,14H,6-11H2,1H3,(H,18,19)(H,20,22)/t14-/m1/s1. The molecule has 0 spiro atoms. The van der Waals surface area contributed by atoms with Gasteiger partial charge >= 0.3 is 11.8 Å². The molecule has 1 aliphatic heterocycles. The maximum Gasteiger partial charge on any atom is 0.312 e.